The lowest BCUT2D eigenvalue weighted by atomic mass is 10.2. The van der Waals surface area contributed by atoms with Gasteiger partial charge in [0.1, 0.15) is 5.60 Å². The molecule has 2 rings (SSSR count). The Labute approximate surface area is 138 Å². The van der Waals surface area contributed by atoms with Crippen molar-refractivity contribution in [3.05, 3.63) is 0 Å². The standard InChI is InChI=1S/C16H30N2O3S/c1-13-14(5-11-20-13)22-12-10-17-6-8-18(9-7-17)15(19)21-16(2,3)4/h13-14H,5-12H2,1-4H3/t13-,14+/m0/s1. The van der Waals surface area contributed by atoms with E-state index in [1.54, 1.807) is 0 Å². The van der Waals surface area contributed by atoms with Crippen LogP contribution in [-0.2, 0) is 9.47 Å². The molecule has 0 unspecified atom stereocenters. The number of carbonyl (C=O) groups is 1. The van der Waals surface area contributed by atoms with Gasteiger partial charge in [-0.3, -0.25) is 4.90 Å². The summed E-state index contributed by atoms with van der Waals surface area (Å²) in [4.78, 5) is 16.3. The smallest absolute Gasteiger partial charge is 0.410 e. The number of nitrogens with zero attached hydrogens (tertiary/aromatic N) is 2. The first kappa shape index (κ1) is 17.9. The monoisotopic (exact) mass is 330 g/mol. The number of hydrogen-bond acceptors (Lipinski definition) is 5. The average Bonchev–Trinajstić information content (AvgIpc) is 2.83. The minimum absolute atomic E-state index is 0.182. The number of piperazine rings is 1. The van der Waals surface area contributed by atoms with Gasteiger partial charge < -0.3 is 14.4 Å². The van der Waals surface area contributed by atoms with Crippen LogP contribution in [0.3, 0.4) is 0 Å². The SMILES string of the molecule is C[C@@H]1OCC[C@H]1SCCN1CCN(C(=O)OC(C)(C)C)CC1. The lowest BCUT2D eigenvalue weighted by Gasteiger charge is -2.35. The highest BCUT2D eigenvalue weighted by atomic mass is 32.2. The van der Waals surface area contributed by atoms with Gasteiger partial charge >= 0.3 is 6.09 Å². The molecule has 0 aromatic heterocycles. The van der Waals surface area contributed by atoms with Gasteiger partial charge in [0.2, 0.25) is 0 Å². The zero-order chi connectivity index (χ0) is 16.2. The largest absolute Gasteiger partial charge is 0.444 e. The van der Waals surface area contributed by atoms with Crippen LogP contribution in [-0.4, -0.2) is 77.9 Å². The van der Waals surface area contributed by atoms with E-state index in [-0.39, 0.29) is 6.09 Å². The average molecular weight is 330 g/mol. The summed E-state index contributed by atoms with van der Waals surface area (Å²) in [5.74, 6) is 1.14. The van der Waals surface area contributed by atoms with Crippen LogP contribution < -0.4 is 0 Å². The number of amides is 1. The fourth-order valence-corrected chi connectivity index (χ4v) is 4.02. The van der Waals surface area contributed by atoms with Gasteiger partial charge in [-0.15, -0.1) is 0 Å². The molecule has 128 valence electrons. The minimum atomic E-state index is -0.412. The third-order valence-corrected chi connectivity index (χ3v) is 5.54. The maximum atomic E-state index is 12.0. The molecule has 22 heavy (non-hydrogen) atoms. The molecule has 2 saturated heterocycles. The predicted octanol–water partition coefficient (Wildman–Crippen LogP) is 2.45. The number of ether oxygens (including phenoxy) is 2. The molecule has 0 aromatic rings. The molecule has 2 aliphatic heterocycles. The fraction of sp³-hybridized carbons (Fsp3) is 0.938. The molecule has 0 bridgehead atoms. The fourth-order valence-electron chi connectivity index (χ4n) is 2.74. The van der Waals surface area contributed by atoms with Crippen molar-refractivity contribution in [3.63, 3.8) is 0 Å². The van der Waals surface area contributed by atoms with E-state index in [4.69, 9.17) is 9.47 Å². The molecular weight excluding hydrogens is 300 g/mol. The molecule has 0 N–H and O–H groups in total. The third kappa shape index (κ3) is 5.63. The Kier molecular flexibility index (Phi) is 6.41. The summed E-state index contributed by atoms with van der Waals surface area (Å²) in [7, 11) is 0. The lowest BCUT2D eigenvalue weighted by molar-refractivity contribution is 0.0150. The number of rotatable bonds is 4. The van der Waals surface area contributed by atoms with Crippen LogP contribution >= 0.6 is 11.8 Å². The van der Waals surface area contributed by atoms with Crippen molar-refractivity contribution in [3.8, 4) is 0 Å². The van der Waals surface area contributed by atoms with Crippen LogP contribution in [0.25, 0.3) is 0 Å². The summed E-state index contributed by atoms with van der Waals surface area (Å²) >= 11 is 2.03. The van der Waals surface area contributed by atoms with Crippen molar-refractivity contribution in [1.82, 2.24) is 9.80 Å². The van der Waals surface area contributed by atoms with Gasteiger partial charge in [0.15, 0.2) is 0 Å². The topological polar surface area (TPSA) is 42.0 Å². The van der Waals surface area contributed by atoms with Crippen LogP contribution in [0.5, 0.6) is 0 Å². The summed E-state index contributed by atoms with van der Waals surface area (Å²) in [5, 5.41) is 0.656. The van der Waals surface area contributed by atoms with Crippen molar-refractivity contribution in [2.45, 2.75) is 51.1 Å². The third-order valence-electron chi connectivity index (χ3n) is 4.07. The van der Waals surface area contributed by atoms with E-state index < -0.39 is 5.60 Å². The Morgan fingerprint density at radius 3 is 2.50 bits per heavy atom. The molecule has 0 radical (unpaired) electrons. The summed E-state index contributed by atoms with van der Waals surface area (Å²) in [6.07, 6.45) is 1.39. The van der Waals surface area contributed by atoms with Crippen LogP contribution in [0, 0.1) is 0 Å². The molecule has 2 atom stereocenters. The summed E-state index contributed by atoms with van der Waals surface area (Å²) in [6.45, 7) is 13.3. The Balaban J connectivity index is 1.61. The van der Waals surface area contributed by atoms with E-state index >= 15 is 0 Å². The molecule has 0 spiro atoms. The van der Waals surface area contributed by atoms with Crippen LogP contribution in [0.2, 0.25) is 0 Å². The van der Waals surface area contributed by atoms with Crippen molar-refractivity contribution in [2.24, 2.45) is 0 Å². The first-order valence-corrected chi connectivity index (χ1v) is 9.33. The summed E-state index contributed by atoms with van der Waals surface area (Å²) in [5.41, 5.74) is -0.412. The zero-order valence-corrected chi connectivity index (χ0v) is 15.2. The first-order chi connectivity index (χ1) is 10.3. The van der Waals surface area contributed by atoms with Crippen molar-refractivity contribution < 1.29 is 14.3 Å². The van der Waals surface area contributed by atoms with Gasteiger partial charge in [0.05, 0.1) is 6.10 Å². The molecule has 2 aliphatic rings. The van der Waals surface area contributed by atoms with Gasteiger partial charge in [0.25, 0.3) is 0 Å². The van der Waals surface area contributed by atoms with E-state index in [1.165, 1.54) is 6.42 Å². The molecular formula is C16H30N2O3S. The van der Waals surface area contributed by atoms with E-state index in [2.05, 4.69) is 11.8 Å². The molecule has 0 aliphatic carbocycles. The normalized spacial score (nSPS) is 27.2. The van der Waals surface area contributed by atoms with Gasteiger partial charge in [0, 0.05) is 50.3 Å². The lowest BCUT2D eigenvalue weighted by Crippen LogP contribution is -2.50. The van der Waals surface area contributed by atoms with Crippen LogP contribution in [0.15, 0.2) is 0 Å². The highest BCUT2D eigenvalue weighted by Crippen LogP contribution is 2.26. The Morgan fingerprint density at radius 2 is 1.95 bits per heavy atom. The highest BCUT2D eigenvalue weighted by molar-refractivity contribution is 8.00. The number of carbonyl (C=O) groups excluding carboxylic acids is 1. The van der Waals surface area contributed by atoms with E-state index in [9.17, 15) is 4.79 Å². The molecule has 1 amide bonds. The second-order valence-electron chi connectivity index (χ2n) is 7.08. The Hall–Kier alpha value is -0.460. The maximum Gasteiger partial charge on any atom is 0.410 e. The molecule has 0 saturated carbocycles. The van der Waals surface area contributed by atoms with Gasteiger partial charge in [-0.2, -0.15) is 11.8 Å². The highest BCUT2D eigenvalue weighted by Gasteiger charge is 2.27. The molecule has 5 nitrogen and oxygen atoms in total. The molecule has 2 heterocycles. The maximum absolute atomic E-state index is 12.0. The minimum Gasteiger partial charge on any atom is -0.444 e. The second kappa shape index (κ2) is 7.88. The second-order valence-corrected chi connectivity index (χ2v) is 8.43. The van der Waals surface area contributed by atoms with Crippen molar-refractivity contribution in [2.75, 3.05) is 45.1 Å². The predicted molar refractivity (Wildman–Crippen MR) is 90.5 cm³/mol. The number of hydrogen-bond donors (Lipinski definition) is 0. The number of thioether (sulfide) groups is 1. The van der Waals surface area contributed by atoms with Crippen LogP contribution in [0.1, 0.15) is 34.1 Å². The van der Waals surface area contributed by atoms with Gasteiger partial charge in [-0.1, -0.05) is 0 Å². The van der Waals surface area contributed by atoms with Crippen molar-refractivity contribution >= 4 is 17.9 Å². The van der Waals surface area contributed by atoms with E-state index in [1.807, 2.05) is 37.4 Å². The summed E-state index contributed by atoms with van der Waals surface area (Å²) in [6, 6.07) is 0. The quantitative estimate of drug-likeness (QED) is 0.792. The van der Waals surface area contributed by atoms with Crippen molar-refractivity contribution in [1.29, 1.82) is 0 Å². The summed E-state index contributed by atoms with van der Waals surface area (Å²) < 4.78 is 11.0. The molecule has 2 fully saturated rings. The first-order valence-electron chi connectivity index (χ1n) is 8.28. The van der Waals surface area contributed by atoms with Crippen LogP contribution in [0.4, 0.5) is 4.79 Å². The zero-order valence-electron chi connectivity index (χ0n) is 14.3. The van der Waals surface area contributed by atoms with E-state index in [0.29, 0.717) is 11.4 Å². The van der Waals surface area contributed by atoms with Gasteiger partial charge in [-0.25, -0.2) is 4.79 Å². The van der Waals surface area contributed by atoms with Gasteiger partial charge in [-0.05, 0) is 34.1 Å². The Morgan fingerprint density at radius 1 is 1.27 bits per heavy atom. The van der Waals surface area contributed by atoms with E-state index in [0.717, 1.165) is 45.1 Å². The Bertz CT molecular complexity index is 365. The molecule has 6 heteroatoms. The molecule has 0 aromatic carbocycles.